The van der Waals surface area contributed by atoms with Crippen molar-refractivity contribution < 1.29 is 17.9 Å². The summed E-state index contributed by atoms with van der Waals surface area (Å²) in [6, 6.07) is 5.19. The van der Waals surface area contributed by atoms with Crippen LogP contribution in [0.1, 0.15) is 23.8 Å². The average Bonchev–Trinajstić information content (AvgIpc) is 2.79. The van der Waals surface area contributed by atoms with Gasteiger partial charge in [0.2, 0.25) is 0 Å². The van der Waals surface area contributed by atoms with Gasteiger partial charge in [-0.1, -0.05) is 0 Å². The Balaban J connectivity index is 1.87. The highest BCUT2D eigenvalue weighted by Gasteiger charge is 2.25. The fraction of sp³-hybridized carbons (Fsp3) is 0.333. The number of nitrogens with zero attached hydrogens (tertiary/aromatic N) is 1. The second-order valence-corrected chi connectivity index (χ2v) is 5.01. The first-order valence-corrected chi connectivity index (χ1v) is 6.50. The molecule has 3 rings (SSSR count). The van der Waals surface area contributed by atoms with Crippen molar-refractivity contribution in [1.29, 1.82) is 0 Å². The molecule has 1 aliphatic heterocycles. The molecule has 0 bridgehead atoms. The van der Waals surface area contributed by atoms with E-state index >= 15 is 0 Å². The van der Waals surface area contributed by atoms with Crippen LogP contribution in [-0.4, -0.2) is 18.5 Å². The molecule has 1 atom stereocenters. The molecular formula is C15H15F2NO2. The molecule has 0 radical (unpaired) electrons. The maximum Gasteiger partial charge on any atom is 0.168 e. The van der Waals surface area contributed by atoms with Crippen molar-refractivity contribution in [3.05, 3.63) is 53.5 Å². The maximum absolute atomic E-state index is 13.7. The van der Waals surface area contributed by atoms with Crippen LogP contribution < -0.4 is 4.74 Å². The van der Waals surface area contributed by atoms with Gasteiger partial charge < -0.3 is 9.15 Å². The van der Waals surface area contributed by atoms with Crippen LogP contribution in [0.25, 0.3) is 0 Å². The van der Waals surface area contributed by atoms with Crippen molar-refractivity contribution >= 4 is 0 Å². The minimum absolute atomic E-state index is 0.0631. The molecule has 2 aromatic rings. The van der Waals surface area contributed by atoms with Crippen molar-refractivity contribution in [2.75, 3.05) is 13.6 Å². The first-order chi connectivity index (χ1) is 9.63. The van der Waals surface area contributed by atoms with E-state index < -0.39 is 11.6 Å². The van der Waals surface area contributed by atoms with Gasteiger partial charge in [-0.15, -0.1) is 0 Å². The summed E-state index contributed by atoms with van der Waals surface area (Å²) in [6.45, 7) is 1.52. The quantitative estimate of drug-likeness (QED) is 0.841. The zero-order valence-electron chi connectivity index (χ0n) is 11.1. The van der Waals surface area contributed by atoms with Gasteiger partial charge in [0.05, 0.1) is 12.8 Å². The van der Waals surface area contributed by atoms with Gasteiger partial charge in [-0.2, -0.15) is 0 Å². The van der Waals surface area contributed by atoms with E-state index in [1.807, 2.05) is 13.1 Å². The van der Waals surface area contributed by atoms with Crippen molar-refractivity contribution in [3.8, 4) is 5.75 Å². The maximum atomic E-state index is 13.7. The van der Waals surface area contributed by atoms with Gasteiger partial charge in [0, 0.05) is 24.6 Å². The number of benzene rings is 1. The summed E-state index contributed by atoms with van der Waals surface area (Å²) in [5.41, 5.74) is 0.929. The van der Waals surface area contributed by atoms with Crippen LogP contribution in [-0.2, 0) is 6.54 Å². The lowest BCUT2D eigenvalue weighted by atomic mass is 10.1. The largest absolute Gasteiger partial charge is 0.482 e. The van der Waals surface area contributed by atoms with E-state index in [0.29, 0.717) is 6.54 Å². The fourth-order valence-electron chi connectivity index (χ4n) is 2.43. The highest BCUT2D eigenvalue weighted by atomic mass is 19.1. The van der Waals surface area contributed by atoms with Crippen LogP contribution in [0, 0.1) is 11.6 Å². The van der Waals surface area contributed by atoms with Crippen LogP contribution >= 0.6 is 0 Å². The van der Waals surface area contributed by atoms with Crippen LogP contribution in [0.5, 0.6) is 5.75 Å². The Kier molecular flexibility index (Phi) is 3.44. The predicted octanol–water partition coefficient (Wildman–Crippen LogP) is 3.51. The molecule has 0 amide bonds. The van der Waals surface area contributed by atoms with E-state index in [1.165, 1.54) is 12.1 Å². The molecule has 0 aliphatic carbocycles. The summed E-state index contributed by atoms with van der Waals surface area (Å²) in [5, 5.41) is 0. The number of hydrogen-bond acceptors (Lipinski definition) is 3. The highest BCUT2D eigenvalue weighted by Crippen LogP contribution is 2.32. The molecule has 106 valence electrons. The summed E-state index contributed by atoms with van der Waals surface area (Å²) in [5.74, 6) is -0.405. The number of furan rings is 1. The molecular weight excluding hydrogens is 264 g/mol. The van der Waals surface area contributed by atoms with Gasteiger partial charge in [-0.25, -0.2) is 8.78 Å². The van der Waals surface area contributed by atoms with E-state index in [9.17, 15) is 8.78 Å². The minimum Gasteiger partial charge on any atom is -0.482 e. The van der Waals surface area contributed by atoms with E-state index in [1.54, 1.807) is 6.26 Å². The van der Waals surface area contributed by atoms with Crippen molar-refractivity contribution in [2.45, 2.75) is 19.1 Å². The van der Waals surface area contributed by atoms with Crippen molar-refractivity contribution in [2.24, 2.45) is 0 Å². The lowest BCUT2D eigenvalue weighted by Crippen LogP contribution is -2.18. The lowest BCUT2D eigenvalue weighted by molar-refractivity contribution is 0.175. The molecule has 2 heterocycles. The molecule has 1 aromatic heterocycles. The standard InChI is InChI=1S/C15H15F2NO2/c1-18-6-4-13(11-5-7-19-15(11)9-18)20-14-3-2-10(16)8-12(14)17/h2-3,5,7-8,13H,4,6,9H2,1H3. The third-order valence-corrected chi connectivity index (χ3v) is 3.48. The molecule has 3 nitrogen and oxygen atoms in total. The minimum atomic E-state index is -0.687. The highest BCUT2D eigenvalue weighted by molar-refractivity contribution is 5.28. The summed E-state index contributed by atoms with van der Waals surface area (Å²) in [7, 11) is 1.99. The third kappa shape index (κ3) is 2.54. The second-order valence-electron chi connectivity index (χ2n) is 5.01. The molecule has 20 heavy (non-hydrogen) atoms. The zero-order valence-corrected chi connectivity index (χ0v) is 11.1. The van der Waals surface area contributed by atoms with E-state index in [2.05, 4.69) is 4.90 Å². The fourth-order valence-corrected chi connectivity index (χ4v) is 2.43. The van der Waals surface area contributed by atoms with Gasteiger partial charge in [-0.3, -0.25) is 4.90 Å². The monoisotopic (exact) mass is 279 g/mol. The molecule has 1 aliphatic rings. The van der Waals surface area contributed by atoms with Gasteiger partial charge in [0.15, 0.2) is 11.6 Å². The summed E-state index contributed by atoms with van der Waals surface area (Å²) >= 11 is 0. The van der Waals surface area contributed by atoms with Crippen molar-refractivity contribution in [1.82, 2.24) is 4.90 Å². The predicted molar refractivity (Wildman–Crippen MR) is 69.4 cm³/mol. The van der Waals surface area contributed by atoms with Crippen LogP contribution in [0.4, 0.5) is 8.78 Å². The summed E-state index contributed by atoms with van der Waals surface area (Å²) in [4.78, 5) is 2.12. The number of hydrogen-bond donors (Lipinski definition) is 0. The number of ether oxygens (including phenoxy) is 1. The van der Waals surface area contributed by atoms with Crippen LogP contribution in [0.3, 0.4) is 0 Å². The average molecular weight is 279 g/mol. The molecule has 1 unspecified atom stereocenters. The van der Waals surface area contributed by atoms with Crippen LogP contribution in [0.2, 0.25) is 0 Å². The molecule has 0 N–H and O–H groups in total. The second kappa shape index (κ2) is 5.25. The molecule has 0 saturated carbocycles. The zero-order chi connectivity index (χ0) is 14.1. The van der Waals surface area contributed by atoms with Gasteiger partial charge >= 0.3 is 0 Å². The third-order valence-electron chi connectivity index (χ3n) is 3.48. The Hall–Kier alpha value is -1.88. The van der Waals surface area contributed by atoms with Crippen molar-refractivity contribution in [3.63, 3.8) is 0 Å². The molecule has 1 aromatic carbocycles. The van der Waals surface area contributed by atoms with Gasteiger partial charge in [-0.05, 0) is 25.2 Å². The molecule has 0 spiro atoms. The SMILES string of the molecule is CN1CCC(Oc2ccc(F)cc2F)c2ccoc2C1. The Morgan fingerprint density at radius 1 is 1.30 bits per heavy atom. The Morgan fingerprint density at radius 2 is 2.15 bits per heavy atom. The van der Waals surface area contributed by atoms with Gasteiger partial charge in [0.25, 0.3) is 0 Å². The first-order valence-electron chi connectivity index (χ1n) is 6.50. The van der Waals surface area contributed by atoms with Gasteiger partial charge in [0.1, 0.15) is 17.7 Å². The number of rotatable bonds is 2. The number of halogens is 2. The Labute approximate surface area is 115 Å². The summed E-state index contributed by atoms with van der Waals surface area (Å²) in [6.07, 6.45) is 2.05. The summed E-state index contributed by atoms with van der Waals surface area (Å²) < 4.78 is 37.8. The lowest BCUT2D eigenvalue weighted by Gasteiger charge is -2.18. The molecule has 0 saturated heterocycles. The molecule has 5 heteroatoms. The first kappa shape index (κ1) is 13.1. The normalized spacial score (nSPS) is 19.4. The Morgan fingerprint density at radius 3 is 2.95 bits per heavy atom. The Bertz CT molecular complexity index is 612. The molecule has 0 fully saturated rings. The van der Waals surface area contributed by atoms with E-state index in [-0.39, 0.29) is 11.9 Å². The van der Waals surface area contributed by atoms with E-state index in [0.717, 1.165) is 30.4 Å². The number of fused-ring (bicyclic) bond motifs is 1. The topological polar surface area (TPSA) is 25.6 Å². The van der Waals surface area contributed by atoms with E-state index in [4.69, 9.17) is 9.15 Å². The smallest absolute Gasteiger partial charge is 0.168 e. The van der Waals surface area contributed by atoms with Crippen LogP contribution in [0.15, 0.2) is 34.9 Å².